The third kappa shape index (κ3) is 5.01. The second-order valence-corrected chi connectivity index (χ2v) is 4.64. The van der Waals surface area contributed by atoms with Crippen molar-refractivity contribution in [1.29, 1.82) is 0 Å². The van der Waals surface area contributed by atoms with Gasteiger partial charge in [-0.2, -0.15) is 0 Å². The molecule has 1 amide bonds. The number of nitrogens with zero attached hydrogens (tertiary/aromatic N) is 1. The number of aliphatic hydroxyl groups excluding tert-OH is 1. The lowest BCUT2D eigenvalue weighted by atomic mass is 9.96. The van der Waals surface area contributed by atoms with Crippen LogP contribution in [-0.2, 0) is 14.3 Å². The number of β-amino-alcohol motifs (C(OH)–C–C–N with tert-alkyl or cyclic N) is 1. The predicted octanol–water partition coefficient (Wildman–Crippen LogP) is -0.502. The van der Waals surface area contributed by atoms with Gasteiger partial charge >= 0.3 is 5.97 Å². The number of amides is 1. The number of likely N-dealkylation sites (tertiary alicyclic amines) is 1. The summed E-state index contributed by atoms with van der Waals surface area (Å²) in [5, 5.41) is 9.74. The summed E-state index contributed by atoms with van der Waals surface area (Å²) in [6.07, 6.45) is 0.751. The van der Waals surface area contributed by atoms with Crippen LogP contribution in [0.1, 0.15) is 26.2 Å². The van der Waals surface area contributed by atoms with E-state index in [9.17, 15) is 14.7 Å². The number of hydrogen-bond donors (Lipinski definition) is 2. The number of nitrogens with two attached hydrogens (primary N) is 1. The summed E-state index contributed by atoms with van der Waals surface area (Å²) in [6, 6.07) is 0. The van der Waals surface area contributed by atoms with Gasteiger partial charge in [-0.1, -0.05) is 0 Å². The quantitative estimate of drug-likeness (QED) is 0.626. The van der Waals surface area contributed by atoms with Gasteiger partial charge in [0.15, 0.2) is 0 Å². The average molecular weight is 258 g/mol. The van der Waals surface area contributed by atoms with Crippen LogP contribution in [0, 0.1) is 5.92 Å². The van der Waals surface area contributed by atoms with Crippen molar-refractivity contribution < 1.29 is 19.4 Å². The van der Waals surface area contributed by atoms with Crippen LogP contribution in [-0.4, -0.2) is 54.2 Å². The van der Waals surface area contributed by atoms with Crippen molar-refractivity contribution in [2.24, 2.45) is 11.7 Å². The zero-order chi connectivity index (χ0) is 13.5. The predicted molar refractivity (Wildman–Crippen MR) is 65.6 cm³/mol. The summed E-state index contributed by atoms with van der Waals surface area (Å²) in [5.41, 5.74) is 5.25. The lowest BCUT2D eigenvalue weighted by Crippen LogP contribution is -2.42. The standard InChI is InChI=1S/C12H22N2O4/c1-2-18-11(16)7-10(15)8-14-5-3-9(4-6-14)12(13)17/h9-10,15H,2-8H2,1H3,(H2,13,17). The average Bonchev–Trinajstić information content (AvgIpc) is 2.29. The van der Waals surface area contributed by atoms with Crippen molar-refractivity contribution in [2.75, 3.05) is 26.2 Å². The molecule has 1 unspecified atom stereocenters. The topological polar surface area (TPSA) is 92.9 Å². The van der Waals surface area contributed by atoms with E-state index >= 15 is 0 Å². The van der Waals surface area contributed by atoms with E-state index in [0.29, 0.717) is 13.2 Å². The van der Waals surface area contributed by atoms with Gasteiger partial charge in [-0.15, -0.1) is 0 Å². The monoisotopic (exact) mass is 258 g/mol. The minimum atomic E-state index is -0.714. The summed E-state index contributed by atoms with van der Waals surface area (Å²) < 4.78 is 4.77. The first-order chi connectivity index (χ1) is 8.52. The van der Waals surface area contributed by atoms with Crippen LogP contribution in [0.5, 0.6) is 0 Å². The van der Waals surface area contributed by atoms with E-state index in [2.05, 4.69) is 0 Å². The van der Waals surface area contributed by atoms with Crippen molar-refractivity contribution in [1.82, 2.24) is 4.90 Å². The highest BCUT2D eigenvalue weighted by molar-refractivity contribution is 5.76. The van der Waals surface area contributed by atoms with Crippen LogP contribution in [0.4, 0.5) is 0 Å². The fraction of sp³-hybridized carbons (Fsp3) is 0.833. The summed E-state index contributed by atoms with van der Waals surface area (Å²) in [6.45, 7) is 3.96. The Bertz CT molecular complexity index is 288. The van der Waals surface area contributed by atoms with Crippen molar-refractivity contribution >= 4 is 11.9 Å². The number of piperidine rings is 1. The third-order valence-electron chi connectivity index (χ3n) is 3.17. The van der Waals surface area contributed by atoms with Crippen molar-refractivity contribution in [2.45, 2.75) is 32.3 Å². The molecule has 0 spiro atoms. The Labute approximate surface area is 107 Å². The van der Waals surface area contributed by atoms with E-state index in [1.54, 1.807) is 6.92 Å². The fourth-order valence-electron chi connectivity index (χ4n) is 2.17. The number of primary amides is 1. The van der Waals surface area contributed by atoms with Crippen LogP contribution in [0.3, 0.4) is 0 Å². The molecule has 0 aliphatic carbocycles. The minimum Gasteiger partial charge on any atom is -0.466 e. The normalized spacial score (nSPS) is 19.4. The lowest BCUT2D eigenvalue weighted by molar-refractivity contribution is -0.145. The molecule has 6 nitrogen and oxygen atoms in total. The second kappa shape index (κ2) is 7.33. The Hall–Kier alpha value is -1.14. The zero-order valence-electron chi connectivity index (χ0n) is 10.8. The van der Waals surface area contributed by atoms with Gasteiger partial charge in [0, 0.05) is 12.5 Å². The van der Waals surface area contributed by atoms with Gasteiger partial charge < -0.3 is 20.5 Å². The van der Waals surface area contributed by atoms with Gasteiger partial charge in [-0.05, 0) is 32.9 Å². The molecule has 1 atom stereocenters. The van der Waals surface area contributed by atoms with E-state index in [4.69, 9.17) is 10.5 Å². The van der Waals surface area contributed by atoms with Crippen LogP contribution in [0.2, 0.25) is 0 Å². The molecule has 0 saturated carbocycles. The van der Waals surface area contributed by atoms with Crippen molar-refractivity contribution in [3.63, 3.8) is 0 Å². The molecular weight excluding hydrogens is 236 g/mol. The van der Waals surface area contributed by atoms with Gasteiger partial charge in [0.25, 0.3) is 0 Å². The van der Waals surface area contributed by atoms with Gasteiger partial charge in [-0.25, -0.2) is 0 Å². The zero-order valence-corrected chi connectivity index (χ0v) is 10.8. The number of carbonyl (C=O) groups is 2. The molecule has 18 heavy (non-hydrogen) atoms. The Morgan fingerprint density at radius 1 is 1.44 bits per heavy atom. The summed E-state index contributed by atoms with van der Waals surface area (Å²) in [7, 11) is 0. The molecule has 0 bridgehead atoms. The number of hydrogen-bond acceptors (Lipinski definition) is 5. The molecule has 0 radical (unpaired) electrons. The summed E-state index contributed by atoms with van der Waals surface area (Å²) in [4.78, 5) is 24.2. The van der Waals surface area contributed by atoms with Crippen LogP contribution < -0.4 is 5.73 Å². The lowest BCUT2D eigenvalue weighted by Gasteiger charge is -2.31. The molecule has 104 valence electrons. The summed E-state index contributed by atoms with van der Waals surface area (Å²) >= 11 is 0. The molecule has 1 heterocycles. The molecule has 1 aliphatic rings. The van der Waals surface area contributed by atoms with E-state index in [1.807, 2.05) is 4.90 Å². The molecule has 6 heteroatoms. The Morgan fingerprint density at radius 3 is 2.56 bits per heavy atom. The first-order valence-electron chi connectivity index (χ1n) is 6.38. The maximum atomic E-state index is 11.2. The SMILES string of the molecule is CCOC(=O)CC(O)CN1CCC(C(N)=O)CC1. The molecule has 3 N–H and O–H groups in total. The van der Waals surface area contributed by atoms with Gasteiger partial charge in [0.05, 0.1) is 19.1 Å². The van der Waals surface area contributed by atoms with Crippen LogP contribution in [0.15, 0.2) is 0 Å². The molecule has 1 saturated heterocycles. The molecule has 0 aromatic heterocycles. The van der Waals surface area contributed by atoms with Gasteiger partial charge in [0.1, 0.15) is 0 Å². The number of aliphatic hydroxyl groups is 1. The Kier molecular flexibility index (Phi) is 6.07. The number of rotatable bonds is 6. The van der Waals surface area contributed by atoms with Gasteiger partial charge in [-0.3, -0.25) is 9.59 Å². The highest BCUT2D eigenvalue weighted by Gasteiger charge is 2.24. The minimum absolute atomic E-state index is 0.0174. The Balaban J connectivity index is 2.23. The third-order valence-corrected chi connectivity index (χ3v) is 3.17. The molecule has 1 aliphatic heterocycles. The van der Waals surface area contributed by atoms with Crippen LogP contribution in [0.25, 0.3) is 0 Å². The first kappa shape index (κ1) is 14.9. The fourth-order valence-corrected chi connectivity index (χ4v) is 2.17. The van der Waals surface area contributed by atoms with E-state index in [0.717, 1.165) is 25.9 Å². The van der Waals surface area contributed by atoms with E-state index in [1.165, 1.54) is 0 Å². The Morgan fingerprint density at radius 2 is 2.06 bits per heavy atom. The second-order valence-electron chi connectivity index (χ2n) is 4.64. The molecular formula is C12H22N2O4. The van der Waals surface area contributed by atoms with Crippen molar-refractivity contribution in [3.05, 3.63) is 0 Å². The number of carbonyl (C=O) groups excluding carboxylic acids is 2. The highest BCUT2D eigenvalue weighted by atomic mass is 16.5. The maximum absolute atomic E-state index is 11.2. The molecule has 0 aromatic carbocycles. The smallest absolute Gasteiger partial charge is 0.308 e. The van der Waals surface area contributed by atoms with E-state index in [-0.39, 0.29) is 24.2 Å². The number of ether oxygens (including phenoxy) is 1. The number of esters is 1. The molecule has 1 rings (SSSR count). The largest absolute Gasteiger partial charge is 0.466 e. The van der Waals surface area contributed by atoms with Crippen LogP contribution >= 0.6 is 0 Å². The van der Waals surface area contributed by atoms with Crippen molar-refractivity contribution in [3.8, 4) is 0 Å². The molecule has 0 aromatic rings. The maximum Gasteiger partial charge on any atom is 0.308 e. The first-order valence-corrected chi connectivity index (χ1v) is 6.38. The summed E-state index contributed by atoms with van der Waals surface area (Å²) in [5.74, 6) is -0.679. The van der Waals surface area contributed by atoms with Gasteiger partial charge in [0.2, 0.25) is 5.91 Å². The van der Waals surface area contributed by atoms with E-state index < -0.39 is 6.10 Å². The molecule has 1 fully saturated rings. The highest BCUT2D eigenvalue weighted by Crippen LogP contribution is 2.17.